The van der Waals surface area contributed by atoms with Crippen molar-refractivity contribution < 1.29 is 9.47 Å². The smallest absolute Gasteiger partial charge is 0.231 e. The van der Waals surface area contributed by atoms with Gasteiger partial charge in [-0.25, -0.2) is 0 Å². The van der Waals surface area contributed by atoms with Gasteiger partial charge in [-0.15, -0.1) is 0 Å². The van der Waals surface area contributed by atoms with E-state index < -0.39 is 0 Å². The molecule has 0 aliphatic carbocycles. The van der Waals surface area contributed by atoms with Gasteiger partial charge in [-0.05, 0) is 40.6 Å². The van der Waals surface area contributed by atoms with Crippen molar-refractivity contribution in [1.82, 2.24) is 0 Å². The zero-order valence-corrected chi connectivity index (χ0v) is 11.5. The van der Waals surface area contributed by atoms with Crippen LogP contribution in [0.15, 0.2) is 60.7 Å². The fourth-order valence-corrected chi connectivity index (χ4v) is 2.55. The summed E-state index contributed by atoms with van der Waals surface area (Å²) < 4.78 is 10.7. The molecule has 3 nitrogen and oxygen atoms in total. The Morgan fingerprint density at radius 1 is 0.810 bits per heavy atom. The average molecular weight is 277 g/mol. The lowest BCUT2D eigenvalue weighted by Gasteiger charge is -2.08. The Kier molecular flexibility index (Phi) is 2.89. The van der Waals surface area contributed by atoms with Gasteiger partial charge in [0.2, 0.25) is 6.79 Å². The summed E-state index contributed by atoms with van der Waals surface area (Å²) in [6, 6.07) is 20.8. The highest BCUT2D eigenvalue weighted by Crippen LogP contribution is 2.32. The number of hydrogen-bond acceptors (Lipinski definition) is 3. The SMILES string of the molecule is c1ccc2cc(NCc3ccc4c(c3)OCO4)ccc2c1. The molecule has 0 aromatic heterocycles. The van der Waals surface area contributed by atoms with E-state index in [0.29, 0.717) is 6.79 Å². The highest BCUT2D eigenvalue weighted by molar-refractivity contribution is 5.85. The first-order chi connectivity index (χ1) is 10.4. The van der Waals surface area contributed by atoms with Crippen LogP contribution in [0, 0.1) is 0 Å². The van der Waals surface area contributed by atoms with E-state index in [2.05, 4.69) is 53.8 Å². The molecule has 1 N–H and O–H groups in total. The number of rotatable bonds is 3. The molecule has 1 heterocycles. The van der Waals surface area contributed by atoms with Gasteiger partial charge in [0.1, 0.15) is 0 Å². The Morgan fingerprint density at radius 2 is 1.67 bits per heavy atom. The molecule has 21 heavy (non-hydrogen) atoms. The highest BCUT2D eigenvalue weighted by Gasteiger charge is 2.12. The van der Waals surface area contributed by atoms with Crippen molar-refractivity contribution >= 4 is 16.5 Å². The molecule has 3 heteroatoms. The molecule has 1 aliphatic rings. The molecule has 104 valence electrons. The van der Waals surface area contributed by atoms with Crippen molar-refractivity contribution in [3.8, 4) is 11.5 Å². The minimum absolute atomic E-state index is 0.316. The molecule has 0 amide bonds. The van der Waals surface area contributed by atoms with Crippen LogP contribution in [0.2, 0.25) is 0 Å². The summed E-state index contributed by atoms with van der Waals surface area (Å²) >= 11 is 0. The number of fused-ring (bicyclic) bond motifs is 2. The molecule has 1 aliphatic heterocycles. The van der Waals surface area contributed by atoms with Gasteiger partial charge < -0.3 is 14.8 Å². The largest absolute Gasteiger partial charge is 0.454 e. The lowest BCUT2D eigenvalue weighted by atomic mass is 10.1. The molecule has 0 radical (unpaired) electrons. The first-order valence-corrected chi connectivity index (χ1v) is 7.00. The van der Waals surface area contributed by atoms with E-state index in [9.17, 15) is 0 Å². The second kappa shape index (κ2) is 5.02. The van der Waals surface area contributed by atoms with Crippen LogP contribution >= 0.6 is 0 Å². The first kappa shape index (κ1) is 12.1. The van der Waals surface area contributed by atoms with Crippen molar-refractivity contribution in [3.63, 3.8) is 0 Å². The monoisotopic (exact) mass is 277 g/mol. The van der Waals surface area contributed by atoms with Gasteiger partial charge in [-0.2, -0.15) is 0 Å². The molecule has 0 saturated heterocycles. The summed E-state index contributed by atoms with van der Waals surface area (Å²) in [5.41, 5.74) is 2.29. The molecule has 0 fully saturated rings. The summed E-state index contributed by atoms with van der Waals surface area (Å²) in [5, 5.41) is 5.95. The van der Waals surface area contributed by atoms with Crippen molar-refractivity contribution in [2.24, 2.45) is 0 Å². The Hall–Kier alpha value is -2.68. The van der Waals surface area contributed by atoms with Crippen LogP contribution in [0.3, 0.4) is 0 Å². The van der Waals surface area contributed by atoms with Crippen molar-refractivity contribution in [2.45, 2.75) is 6.54 Å². The standard InChI is InChI=1S/C18H15NO2/c1-2-4-15-10-16(7-6-14(15)3-1)19-11-13-5-8-17-18(9-13)21-12-20-17/h1-10,19H,11-12H2. The Morgan fingerprint density at radius 3 is 2.62 bits per heavy atom. The van der Waals surface area contributed by atoms with Crippen LogP contribution < -0.4 is 14.8 Å². The third-order valence-corrected chi connectivity index (χ3v) is 3.68. The predicted molar refractivity (Wildman–Crippen MR) is 83.8 cm³/mol. The zero-order chi connectivity index (χ0) is 14.1. The molecule has 0 saturated carbocycles. The van der Waals surface area contributed by atoms with Gasteiger partial charge in [0.25, 0.3) is 0 Å². The number of hydrogen-bond donors (Lipinski definition) is 1. The summed E-state index contributed by atoms with van der Waals surface area (Å²) in [5.74, 6) is 1.65. The van der Waals surface area contributed by atoms with Crippen LogP contribution in [0.25, 0.3) is 10.8 Å². The van der Waals surface area contributed by atoms with E-state index in [1.54, 1.807) is 0 Å². The van der Waals surface area contributed by atoms with Gasteiger partial charge >= 0.3 is 0 Å². The minimum atomic E-state index is 0.316. The number of nitrogens with one attached hydrogen (secondary N) is 1. The van der Waals surface area contributed by atoms with E-state index >= 15 is 0 Å². The second-order valence-corrected chi connectivity index (χ2v) is 5.10. The molecular formula is C18H15NO2. The molecular weight excluding hydrogens is 262 g/mol. The van der Waals surface area contributed by atoms with Gasteiger partial charge in [0.15, 0.2) is 11.5 Å². The van der Waals surface area contributed by atoms with E-state index in [4.69, 9.17) is 9.47 Å². The van der Waals surface area contributed by atoms with Crippen molar-refractivity contribution in [1.29, 1.82) is 0 Å². The van der Waals surface area contributed by atoms with E-state index in [1.165, 1.54) is 16.3 Å². The average Bonchev–Trinajstić information content (AvgIpc) is 3.00. The third-order valence-electron chi connectivity index (χ3n) is 3.68. The molecule has 3 aromatic rings. The lowest BCUT2D eigenvalue weighted by Crippen LogP contribution is -1.99. The summed E-state index contributed by atoms with van der Waals surface area (Å²) in [6.07, 6.45) is 0. The fraction of sp³-hybridized carbons (Fsp3) is 0.111. The Balaban J connectivity index is 1.52. The van der Waals surface area contributed by atoms with Gasteiger partial charge in [-0.3, -0.25) is 0 Å². The topological polar surface area (TPSA) is 30.5 Å². The van der Waals surface area contributed by atoms with Gasteiger partial charge in [0, 0.05) is 12.2 Å². The van der Waals surface area contributed by atoms with Gasteiger partial charge in [-0.1, -0.05) is 36.4 Å². The van der Waals surface area contributed by atoms with Crippen molar-refractivity contribution in [2.75, 3.05) is 12.1 Å². The highest BCUT2D eigenvalue weighted by atomic mass is 16.7. The fourth-order valence-electron chi connectivity index (χ4n) is 2.55. The number of benzene rings is 3. The molecule has 4 rings (SSSR count). The second-order valence-electron chi connectivity index (χ2n) is 5.10. The molecule has 0 atom stereocenters. The third kappa shape index (κ3) is 2.38. The van der Waals surface area contributed by atoms with Crippen LogP contribution in [-0.2, 0) is 6.54 Å². The van der Waals surface area contributed by atoms with Crippen LogP contribution in [-0.4, -0.2) is 6.79 Å². The van der Waals surface area contributed by atoms with Crippen LogP contribution in [0.1, 0.15) is 5.56 Å². The van der Waals surface area contributed by atoms with Crippen LogP contribution in [0.4, 0.5) is 5.69 Å². The lowest BCUT2D eigenvalue weighted by molar-refractivity contribution is 0.174. The number of ether oxygens (including phenoxy) is 2. The summed E-state index contributed by atoms with van der Waals surface area (Å²) in [7, 11) is 0. The molecule has 0 spiro atoms. The number of anilines is 1. The van der Waals surface area contributed by atoms with E-state index in [1.807, 2.05) is 12.1 Å². The summed E-state index contributed by atoms with van der Waals surface area (Å²) in [4.78, 5) is 0. The van der Waals surface area contributed by atoms with Crippen molar-refractivity contribution in [3.05, 3.63) is 66.2 Å². The normalized spacial score (nSPS) is 12.6. The van der Waals surface area contributed by atoms with E-state index in [-0.39, 0.29) is 0 Å². The summed E-state index contributed by atoms with van der Waals surface area (Å²) in [6.45, 7) is 1.08. The minimum Gasteiger partial charge on any atom is -0.454 e. The zero-order valence-electron chi connectivity index (χ0n) is 11.5. The maximum Gasteiger partial charge on any atom is 0.231 e. The van der Waals surface area contributed by atoms with Gasteiger partial charge in [0.05, 0.1) is 0 Å². The predicted octanol–water partition coefficient (Wildman–Crippen LogP) is 4.18. The Labute approximate surface area is 123 Å². The van der Waals surface area contributed by atoms with Crippen LogP contribution in [0.5, 0.6) is 11.5 Å². The Bertz CT molecular complexity index is 798. The molecule has 0 bridgehead atoms. The molecule has 3 aromatic carbocycles. The maximum atomic E-state index is 5.40. The maximum absolute atomic E-state index is 5.40. The molecule has 0 unspecified atom stereocenters. The quantitative estimate of drug-likeness (QED) is 0.779. The first-order valence-electron chi connectivity index (χ1n) is 7.00. The van der Waals surface area contributed by atoms with E-state index in [0.717, 1.165) is 23.7 Å².